The Morgan fingerprint density at radius 2 is 2.10 bits per heavy atom. The van der Waals surface area contributed by atoms with Gasteiger partial charge in [-0.2, -0.15) is 0 Å². The summed E-state index contributed by atoms with van der Waals surface area (Å²) in [5, 5.41) is 2.84. The quantitative estimate of drug-likeness (QED) is 0.494. The molecule has 2 rings (SSSR count). The molecule has 0 aliphatic carbocycles. The molecule has 1 aromatic carbocycles. The van der Waals surface area contributed by atoms with Gasteiger partial charge >= 0.3 is 0 Å². The van der Waals surface area contributed by atoms with Crippen molar-refractivity contribution in [3.8, 4) is 0 Å². The number of amides is 1. The average molecular weight is 353 g/mol. The summed E-state index contributed by atoms with van der Waals surface area (Å²) >= 11 is 3.35. The summed E-state index contributed by atoms with van der Waals surface area (Å²) in [6.07, 6.45) is 3.62. The number of rotatable bonds is 4. The number of hydrogen-bond acceptors (Lipinski definition) is 2. The highest BCUT2D eigenvalue weighted by molar-refractivity contribution is 9.10. The molecular formula is C15H21BrN4O. The fourth-order valence-electron chi connectivity index (χ4n) is 2.29. The van der Waals surface area contributed by atoms with Crippen LogP contribution in [0.25, 0.3) is 0 Å². The number of benzene rings is 1. The van der Waals surface area contributed by atoms with E-state index in [1.165, 1.54) is 19.3 Å². The van der Waals surface area contributed by atoms with Crippen molar-refractivity contribution in [3.05, 3.63) is 34.3 Å². The maximum absolute atomic E-state index is 11.9. The highest BCUT2D eigenvalue weighted by Crippen LogP contribution is 2.11. The van der Waals surface area contributed by atoms with E-state index in [4.69, 9.17) is 5.73 Å². The van der Waals surface area contributed by atoms with Crippen LogP contribution in [0.15, 0.2) is 33.7 Å². The predicted octanol–water partition coefficient (Wildman–Crippen LogP) is 1.98. The predicted molar refractivity (Wildman–Crippen MR) is 88.4 cm³/mol. The van der Waals surface area contributed by atoms with Crippen LogP contribution in [0.4, 0.5) is 0 Å². The third-order valence-corrected chi connectivity index (χ3v) is 3.93. The van der Waals surface area contributed by atoms with Crippen LogP contribution in [-0.2, 0) is 0 Å². The average Bonchev–Trinajstić information content (AvgIpc) is 2.52. The molecule has 1 amide bonds. The zero-order chi connectivity index (χ0) is 15.1. The molecule has 1 saturated heterocycles. The van der Waals surface area contributed by atoms with Gasteiger partial charge < -0.3 is 16.0 Å². The standard InChI is InChI=1S/C15H21BrN4O/c16-13-6-4-5-12(11-13)14(21)18-7-8-19-15(17)20-9-2-1-3-10-20/h4-6,11H,1-3,7-10H2,(H2,17,19)(H,18,21). The molecule has 0 saturated carbocycles. The molecule has 5 nitrogen and oxygen atoms in total. The Morgan fingerprint density at radius 1 is 1.33 bits per heavy atom. The van der Waals surface area contributed by atoms with Crippen molar-refractivity contribution in [2.75, 3.05) is 26.2 Å². The van der Waals surface area contributed by atoms with Crippen LogP contribution < -0.4 is 11.1 Å². The minimum atomic E-state index is -0.0944. The third-order valence-electron chi connectivity index (χ3n) is 3.44. The number of aliphatic imine (C=N–C) groups is 1. The van der Waals surface area contributed by atoms with Crippen LogP contribution in [0.3, 0.4) is 0 Å². The monoisotopic (exact) mass is 352 g/mol. The summed E-state index contributed by atoms with van der Waals surface area (Å²) in [5.41, 5.74) is 6.59. The molecule has 1 heterocycles. The number of nitrogens with one attached hydrogen (secondary N) is 1. The minimum absolute atomic E-state index is 0.0944. The van der Waals surface area contributed by atoms with Crippen LogP contribution in [0.2, 0.25) is 0 Å². The summed E-state index contributed by atoms with van der Waals surface area (Å²) in [6.45, 7) is 2.96. The number of nitrogens with two attached hydrogens (primary N) is 1. The molecule has 0 atom stereocenters. The lowest BCUT2D eigenvalue weighted by Crippen LogP contribution is -2.41. The van der Waals surface area contributed by atoms with E-state index in [-0.39, 0.29) is 5.91 Å². The fraction of sp³-hybridized carbons (Fsp3) is 0.467. The van der Waals surface area contributed by atoms with Gasteiger partial charge in [-0.1, -0.05) is 22.0 Å². The second-order valence-electron chi connectivity index (χ2n) is 5.05. The zero-order valence-corrected chi connectivity index (χ0v) is 13.6. The van der Waals surface area contributed by atoms with E-state index in [9.17, 15) is 4.79 Å². The summed E-state index contributed by atoms with van der Waals surface area (Å²) in [4.78, 5) is 18.4. The molecule has 114 valence electrons. The largest absolute Gasteiger partial charge is 0.370 e. The fourth-order valence-corrected chi connectivity index (χ4v) is 2.69. The van der Waals surface area contributed by atoms with Gasteiger partial charge in [0.2, 0.25) is 0 Å². The third kappa shape index (κ3) is 5.04. The minimum Gasteiger partial charge on any atom is -0.370 e. The Kier molecular flexibility index (Phi) is 6.04. The Labute approximate surface area is 133 Å². The number of guanidine groups is 1. The van der Waals surface area contributed by atoms with Gasteiger partial charge in [0.25, 0.3) is 5.91 Å². The van der Waals surface area contributed by atoms with E-state index in [1.54, 1.807) is 12.1 Å². The SMILES string of the molecule is NC(=NCCNC(=O)c1cccc(Br)c1)N1CCCCC1. The van der Waals surface area contributed by atoms with Crippen LogP contribution in [0.1, 0.15) is 29.6 Å². The first-order valence-electron chi connectivity index (χ1n) is 7.25. The first-order chi connectivity index (χ1) is 10.2. The van der Waals surface area contributed by atoms with E-state index >= 15 is 0 Å². The van der Waals surface area contributed by atoms with E-state index in [2.05, 4.69) is 31.1 Å². The highest BCUT2D eigenvalue weighted by Gasteiger charge is 2.11. The van der Waals surface area contributed by atoms with Gasteiger partial charge in [0.1, 0.15) is 0 Å². The Bertz CT molecular complexity index is 512. The molecule has 0 bridgehead atoms. The Morgan fingerprint density at radius 3 is 2.81 bits per heavy atom. The zero-order valence-electron chi connectivity index (χ0n) is 12.0. The molecule has 1 aromatic rings. The lowest BCUT2D eigenvalue weighted by molar-refractivity contribution is 0.0954. The van der Waals surface area contributed by atoms with Crippen LogP contribution in [0.5, 0.6) is 0 Å². The molecular weight excluding hydrogens is 332 g/mol. The van der Waals surface area contributed by atoms with Crippen molar-refractivity contribution in [1.82, 2.24) is 10.2 Å². The van der Waals surface area contributed by atoms with Gasteiger partial charge in [-0.3, -0.25) is 9.79 Å². The number of carbonyl (C=O) groups is 1. The molecule has 21 heavy (non-hydrogen) atoms. The summed E-state index contributed by atoms with van der Waals surface area (Å²) in [7, 11) is 0. The molecule has 1 aliphatic heterocycles. The van der Waals surface area contributed by atoms with E-state index in [0.29, 0.717) is 24.6 Å². The highest BCUT2D eigenvalue weighted by atomic mass is 79.9. The van der Waals surface area contributed by atoms with Crippen molar-refractivity contribution < 1.29 is 4.79 Å². The first-order valence-corrected chi connectivity index (χ1v) is 8.05. The first kappa shape index (κ1) is 15.8. The van der Waals surface area contributed by atoms with Gasteiger partial charge in [-0.25, -0.2) is 0 Å². The number of hydrogen-bond donors (Lipinski definition) is 2. The van der Waals surface area contributed by atoms with Crippen molar-refractivity contribution in [1.29, 1.82) is 0 Å². The van der Waals surface area contributed by atoms with E-state index in [0.717, 1.165) is 17.6 Å². The molecule has 0 unspecified atom stereocenters. The van der Waals surface area contributed by atoms with Crippen LogP contribution >= 0.6 is 15.9 Å². The molecule has 1 fully saturated rings. The lowest BCUT2D eigenvalue weighted by atomic mass is 10.1. The summed E-state index contributed by atoms with van der Waals surface area (Å²) < 4.78 is 0.891. The number of nitrogens with zero attached hydrogens (tertiary/aromatic N) is 2. The molecule has 0 radical (unpaired) electrons. The summed E-state index contributed by atoms with van der Waals surface area (Å²) in [6, 6.07) is 7.30. The summed E-state index contributed by atoms with van der Waals surface area (Å²) in [5.74, 6) is 0.495. The maximum Gasteiger partial charge on any atom is 0.251 e. The molecule has 6 heteroatoms. The molecule has 1 aliphatic rings. The van der Waals surface area contributed by atoms with Gasteiger partial charge in [-0.15, -0.1) is 0 Å². The normalized spacial score (nSPS) is 15.9. The van der Waals surface area contributed by atoms with Gasteiger partial charge in [0.05, 0.1) is 6.54 Å². The van der Waals surface area contributed by atoms with Crippen molar-refractivity contribution in [2.45, 2.75) is 19.3 Å². The van der Waals surface area contributed by atoms with Crippen molar-refractivity contribution in [2.24, 2.45) is 10.7 Å². The van der Waals surface area contributed by atoms with Gasteiger partial charge in [-0.05, 0) is 37.5 Å². The second-order valence-corrected chi connectivity index (χ2v) is 5.97. The number of likely N-dealkylation sites (tertiary alicyclic amines) is 1. The van der Waals surface area contributed by atoms with Crippen LogP contribution in [-0.4, -0.2) is 42.9 Å². The Hall–Kier alpha value is -1.56. The molecule has 0 spiro atoms. The topological polar surface area (TPSA) is 70.7 Å². The van der Waals surface area contributed by atoms with Crippen LogP contribution in [0, 0.1) is 0 Å². The number of halogens is 1. The molecule has 0 aromatic heterocycles. The molecule has 3 N–H and O–H groups in total. The smallest absolute Gasteiger partial charge is 0.251 e. The second kappa shape index (κ2) is 8.02. The lowest BCUT2D eigenvalue weighted by Gasteiger charge is -2.27. The van der Waals surface area contributed by atoms with Crippen molar-refractivity contribution >= 4 is 27.8 Å². The van der Waals surface area contributed by atoms with Crippen molar-refractivity contribution in [3.63, 3.8) is 0 Å². The van der Waals surface area contributed by atoms with E-state index < -0.39 is 0 Å². The van der Waals surface area contributed by atoms with E-state index in [1.807, 2.05) is 12.1 Å². The number of piperidine rings is 1. The van der Waals surface area contributed by atoms with Gasteiger partial charge in [0.15, 0.2) is 5.96 Å². The number of carbonyl (C=O) groups excluding carboxylic acids is 1. The maximum atomic E-state index is 11.9. The Balaban J connectivity index is 1.74. The van der Waals surface area contributed by atoms with Gasteiger partial charge in [0, 0.05) is 29.7 Å².